The molecule has 2 atom stereocenters. The number of fused-ring (bicyclic) bond motifs is 1. The molecule has 1 aliphatic rings. The van der Waals surface area contributed by atoms with E-state index in [1.54, 1.807) is 0 Å². The van der Waals surface area contributed by atoms with Gasteiger partial charge in [0.2, 0.25) is 0 Å². The van der Waals surface area contributed by atoms with E-state index in [1.807, 2.05) is 31.2 Å². The molecule has 0 amide bonds. The zero-order valence-corrected chi connectivity index (χ0v) is 12.8. The zero-order chi connectivity index (χ0) is 14.8. The van der Waals surface area contributed by atoms with Crippen molar-refractivity contribution in [3.8, 4) is 0 Å². The van der Waals surface area contributed by atoms with Crippen molar-refractivity contribution in [1.29, 1.82) is 0 Å². The molecule has 1 aliphatic heterocycles. The molecule has 0 spiro atoms. The Labute approximate surface area is 130 Å². The molecule has 0 aliphatic carbocycles. The summed E-state index contributed by atoms with van der Waals surface area (Å²) < 4.78 is 5.86. The van der Waals surface area contributed by atoms with E-state index in [2.05, 4.69) is 18.2 Å². The van der Waals surface area contributed by atoms with Gasteiger partial charge in [0, 0.05) is 11.4 Å². The summed E-state index contributed by atoms with van der Waals surface area (Å²) in [7, 11) is 0. The summed E-state index contributed by atoms with van der Waals surface area (Å²) >= 11 is 6.31. The Hall–Kier alpha value is -1.35. The molecule has 110 valence electrons. The van der Waals surface area contributed by atoms with Crippen molar-refractivity contribution in [3.05, 3.63) is 69.7 Å². The predicted molar refractivity (Wildman–Crippen MR) is 84.6 cm³/mol. The topological polar surface area (TPSA) is 29.5 Å². The molecule has 2 aromatic rings. The normalized spacial score (nSPS) is 19.1. The molecule has 2 nitrogen and oxygen atoms in total. The van der Waals surface area contributed by atoms with Crippen LogP contribution in [-0.4, -0.2) is 11.7 Å². The second-order valence-electron chi connectivity index (χ2n) is 5.54. The Balaban J connectivity index is 1.83. The molecule has 0 radical (unpaired) electrons. The summed E-state index contributed by atoms with van der Waals surface area (Å²) in [6.07, 6.45) is 0.781. The van der Waals surface area contributed by atoms with Crippen molar-refractivity contribution in [2.75, 3.05) is 6.61 Å². The molecular weight excluding hydrogens is 284 g/mol. The van der Waals surface area contributed by atoms with E-state index in [0.29, 0.717) is 18.1 Å². The number of aliphatic hydroxyl groups is 1. The number of benzene rings is 2. The Bertz CT molecular complexity index is 639. The fourth-order valence-corrected chi connectivity index (χ4v) is 3.18. The Morgan fingerprint density at radius 3 is 2.90 bits per heavy atom. The van der Waals surface area contributed by atoms with Crippen molar-refractivity contribution >= 4 is 11.6 Å². The van der Waals surface area contributed by atoms with Crippen LogP contribution in [0.25, 0.3) is 0 Å². The van der Waals surface area contributed by atoms with Crippen molar-refractivity contribution in [2.24, 2.45) is 0 Å². The van der Waals surface area contributed by atoms with Crippen LogP contribution in [0.4, 0.5) is 0 Å². The number of ether oxygens (including phenoxy) is 1. The van der Waals surface area contributed by atoms with Gasteiger partial charge in [0.25, 0.3) is 0 Å². The van der Waals surface area contributed by atoms with Crippen LogP contribution < -0.4 is 0 Å². The summed E-state index contributed by atoms with van der Waals surface area (Å²) in [4.78, 5) is 0. The maximum Gasteiger partial charge on any atom is 0.0855 e. The average molecular weight is 303 g/mol. The van der Waals surface area contributed by atoms with Gasteiger partial charge in [-0.1, -0.05) is 54.1 Å². The van der Waals surface area contributed by atoms with Crippen molar-refractivity contribution in [3.63, 3.8) is 0 Å². The molecule has 2 unspecified atom stereocenters. The first-order chi connectivity index (χ1) is 10.2. The van der Waals surface area contributed by atoms with E-state index >= 15 is 0 Å². The summed E-state index contributed by atoms with van der Waals surface area (Å²) in [5.74, 6) is 0. The summed E-state index contributed by atoms with van der Waals surface area (Å²) in [5, 5.41) is 11.2. The van der Waals surface area contributed by atoms with Crippen molar-refractivity contribution < 1.29 is 9.84 Å². The lowest BCUT2D eigenvalue weighted by Crippen LogP contribution is -2.18. The number of aryl methyl sites for hydroxylation is 1. The molecule has 1 N–H and O–H groups in total. The van der Waals surface area contributed by atoms with Crippen LogP contribution in [0.1, 0.15) is 40.9 Å². The maximum absolute atomic E-state index is 10.5. The van der Waals surface area contributed by atoms with Gasteiger partial charge in [-0.2, -0.15) is 0 Å². The summed E-state index contributed by atoms with van der Waals surface area (Å²) in [6.45, 7) is 2.65. The molecule has 2 aromatic carbocycles. The highest BCUT2D eigenvalue weighted by Gasteiger charge is 2.25. The van der Waals surface area contributed by atoms with Gasteiger partial charge in [-0.3, -0.25) is 0 Å². The first-order valence-corrected chi connectivity index (χ1v) is 7.67. The summed E-state index contributed by atoms with van der Waals surface area (Å²) in [6, 6.07) is 14.1. The Morgan fingerprint density at radius 2 is 2.05 bits per heavy atom. The molecule has 0 bridgehead atoms. The summed E-state index contributed by atoms with van der Waals surface area (Å²) in [5.41, 5.74) is 4.27. The van der Waals surface area contributed by atoms with Gasteiger partial charge < -0.3 is 9.84 Å². The van der Waals surface area contributed by atoms with Crippen molar-refractivity contribution in [1.82, 2.24) is 0 Å². The van der Waals surface area contributed by atoms with Gasteiger partial charge in [-0.15, -0.1) is 0 Å². The van der Waals surface area contributed by atoms with E-state index in [1.165, 1.54) is 11.1 Å². The Morgan fingerprint density at radius 1 is 1.24 bits per heavy atom. The fourth-order valence-electron chi connectivity index (χ4n) is 2.93. The van der Waals surface area contributed by atoms with Gasteiger partial charge in [0.1, 0.15) is 0 Å². The number of hydrogen-bond donors (Lipinski definition) is 1. The first-order valence-electron chi connectivity index (χ1n) is 7.29. The molecule has 0 saturated heterocycles. The first kappa shape index (κ1) is 14.6. The lowest BCUT2D eigenvalue weighted by molar-refractivity contribution is 0.00378. The van der Waals surface area contributed by atoms with Gasteiger partial charge in [-0.05, 0) is 35.6 Å². The third kappa shape index (κ3) is 2.98. The minimum absolute atomic E-state index is 0.0680. The highest BCUT2D eigenvalue weighted by Crippen LogP contribution is 2.36. The molecule has 0 fully saturated rings. The van der Waals surface area contributed by atoms with Gasteiger partial charge >= 0.3 is 0 Å². The lowest BCUT2D eigenvalue weighted by Gasteiger charge is -2.28. The van der Waals surface area contributed by atoms with Gasteiger partial charge in [0.15, 0.2) is 0 Å². The minimum atomic E-state index is -0.617. The average Bonchev–Trinajstić information content (AvgIpc) is 2.50. The largest absolute Gasteiger partial charge is 0.388 e. The maximum atomic E-state index is 10.5. The quantitative estimate of drug-likeness (QED) is 0.911. The van der Waals surface area contributed by atoms with E-state index in [9.17, 15) is 5.11 Å². The van der Waals surface area contributed by atoms with Crippen LogP contribution in [-0.2, 0) is 11.2 Å². The van der Waals surface area contributed by atoms with Crippen LogP contribution in [0.3, 0.4) is 0 Å². The predicted octanol–water partition coefficient (Wildman–Crippen LogP) is 4.39. The molecular formula is C18H19ClO2. The molecule has 0 aromatic heterocycles. The van der Waals surface area contributed by atoms with Crippen LogP contribution >= 0.6 is 11.6 Å². The van der Waals surface area contributed by atoms with E-state index < -0.39 is 6.10 Å². The number of aliphatic hydroxyl groups excluding tert-OH is 1. The second-order valence-corrected chi connectivity index (χ2v) is 5.92. The van der Waals surface area contributed by atoms with Crippen LogP contribution in [0.5, 0.6) is 0 Å². The van der Waals surface area contributed by atoms with E-state index in [4.69, 9.17) is 16.3 Å². The number of rotatable bonds is 3. The smallest absolute Gasteiger partial charge is 0.0855 e. The SMILES string of the molecule is Cc1cccc(C(O)CC2OCCc3ccccc32)c1Cl. The molecule has 21 heavy (non-hydrogen) atoms. The van der Waals surface area contributed by atoms with Crippen LogP contribution in [0, 0.1) is 6.92 Å². The highest BCUT2D eigenvalue weighted by molar-refractivity contribution is 6.32. The standard InChI is InChI=1S/C18H19ClO2/c1-12-5-4-8-15(18(12)19)16(20)11-17-14-7-3-2-6-13(14)9-10-21-17/h2-8,16-17,20H,9-11H2,1H3. The van der Waals surface area contributed by atoms with Crippen molar-refractivity contribution in [2.45, 2.75) is 32.0 Å². The number of halogens is 1. The monoisotopic (exact) mass is 302 g/mol. The number of hydrogen-bond acceptors (Lipinski definition) is 2. The Kier molecular flexibility index (Phi) is 4.29. The second kappa shape index (κ2) is 6.18. The molecule has 0 saturated carbocycles. The van der Waals surface area contributed by atoms with Crippen LogP contribution in [0.15, 0.2) is 42.5 Å². The third-order valence-corrected chi connectivity index (χ3v) is 4.63. The fraction of sp³-hybridized carbons (Fsp3) is 0.333. The zero-order valence-electron chi connectivity index (χ0n) is 12.1. The highest BCUT2D eigenvalue weighted by atomic mass is 35.5. The third-order valence-electron chi connectivity index (χ3n) is 4.11. The lowest BCUT2D eigenvalue weighted by atomic mass is 9.92. The minimum Gasteiger partial charge on any atom is -0.388 e. The van der Waals surface area contributed by atoms with E-state index in [0.717, 1.165) is 17.5 Å². The van der Waals surface area contributed by atoms with Crippen LogP contribution in [0.2, 0.25) is 5.02 Å². The van der Waals surface area contributed by atoms with E-state index in [-0.39, 0.29) is 6.10 Å². The van der Waals surface area contributed by atoms with Gasteiger partial charge in [0.05, 0.1) is 18.8 Å². The molecule has 3 rings (SSSR count). The van der Waals surface area contributed by atoms with Gasteiger partial charge in [-0.25, -0.2) is 0 Å². The molecule has 1 heterocycles. The molecule has 3 heteroatoms.